The fourth-order valence-electron chi connectivity index (χ4n) is 3.92. The van der Waals surface area contributed by atoms with Gasteiger partial charge >= 0.3 is 0 Å². The number of nitrogens with zero attached hydrogens (tertiary/aromatic N) is 3. The number of thiocarbonyl (C=S) groups is 1. The number of guanidine groups is 1. The first-order valence-electron chi connectivity index (χ1n) is 10.7. The van der Waals surface area contributed by atoms with Crippen LogP contribution in [0.15, 0.2) is 53.5 Å². The topological polar surface area (TPSA) is 74.2 Å². The van der Waals surface area contributed by atoms with Gasteiger partial charge in [0.15, 0.2) is 5.11 Å². The molecule has 1 aliphatic rings. The molecule has 6 nitrogen and oxygen atoms in total. The highest BCUT2D eigenvalue weighted by molar-refractivity contribution is 7.80. The van der Waals surface area contributed by atoms with E-state index in [0.717, 1.165) is 35.5 Å². The molecule has 0 amide bonds. The number of aliphatic imine (C=N–C) groups is 1. The maximum absolute atomic E-state index is 5.61. The third kappa shape index (κ3) is 5.48. The van der Waals surface area contributed by atoms with E-state index in [1.807, 2.05) is 19.9 Å². The lowest BCUT2D eigenvalue weighted by atomic mass is 10.1. The summed E-state index contributed by atoms with van der Waals surface area (Å²) in [6, 6.07) is 16.8. The van der Waals surface area contributed by atoms with Gasteiger partial charge in [-0.15, -0.1) is 0 Å². The molecule has 1 aliphatic carbocycles. The van der Waals surface area contributed by atoms with E-state index >= 15 is 0 Å². The van der Waals surface area contributed by atoms with Crippen molar-refractivity contribution in [2.75, 3.05) is 10.6 Å². The molecule has 7 heteroatoms. The van der Waals surface area contributed by atoms with Gasteiger partial charge in [-0.25, -0.2) is 15.0 Å². The molecule has 0 spiro atoms. The van der Waals surface area contributed by atoms with E-state index in [-0.39, 0.29) is 6.04 Å². The van der Waals surface area contributed by atoms with Crippen LogP contribution in [0, 0.1) is 27.7 Å². The molecule has 0 aliphatic heterocycles. The average Bonchev–Trinajstić information content (AvgIpc) is 3.12. The van der Waals surface area contributed by atoms with E-state index < -0.39 is 0 Å². The average molecular weight is 445 g/mol. The van der Waals surface area contributed by atoms with Crippen molar-refractivity contribution in [1.29, 1.82) is 0 Å². The van der Waals surface area contributed by atoms with Crippen LogP contribution < -0.4 is 16.0 Å². The molecule has 1 aromatic heterocycles. The first-order chi connectivity index (χ1) is 15.4. The second kappa shape index (κ2) is 9.44. The van der Waals surface area contributed by atoms with Gasteiger partial charge in [0.2, 0.25) is 11.9 Å². The maximum atomic E-state index is 5.61. The fraction of sp³-hybridized carbons (Fsp3) is 0.280. The molecule has 0 radical (unpaired) electrons. The zero-order valence-electron chi connectivity index (χ0n) is 18.9. The predicted octanol–water partition coefficient (Wildman–Crippen LogP) is 4.63. The summed E-state index contributed by atoms with van der Waals surface area (Å²) in [5, 5.41) is 10.2. The van der Waals surface area contributed by atoms with Gasteiger partial charge in [0.25, 0.3) is 0 Å². The zero-order chi connectivity index (χ0) is 22.7. The Balaban J connectivity index is 1.55. The van der Waals surface area contributed by atoms with Crippen molar-refractivity contribution in [3.05, 3.63) is 82.2 Å². The minimum atomic E-state index is 0.122. The number of aromatic nitrogens is 2. The molecule has 2 aromatic carbocycles. The zero-order valence-corrected chi connectivity index (χ0v) is 19.7. The van der Waals surface area contributed by atoms with Gasteiger partial charge < -0.3 is 10.6 Å². The van der Waals surface area contributed by atoms with Gasteiger partial charge in [-0.3, -0.25) is 5.32 Å². The summed E-state index contributed by atoms with van der Waals surface area (Å²) in [7, 11) is 0. The Morgan fingerprint density at radius 2 is 1.56 bits per heavy atom. The Hall–Kier alpha value is -3.32. The summed E-state index contributed by atoms with van der Waals surface area (Å²) in [5.74, 6) is 1.04. The van der Waals surface area contributed by atoms with Gasteiger partial charge in [0.05, 0.1) is 6.04 Å². The molecular weight excluding hydrogens is 416 g/mol. The van der Waals surface area contributed by atoms with Crippen molar-refractivity contribution in [3.63, 3.8) is 0 Å². The quantitative estimate of drug-likeness (QED) is 0.311. The minimum Gasteiger partial charge on any atom is -0.332 e. The highest BCUT2D eigenvalue weighted by atomic mass is 32.1. The standard InChI is InChI=1S/C25H28N6S/c1-15-9-10-16(2)22(11-15)29-25(32)31-24(30-23-26-17(3)12-18(4)27-23)28-21-13-19-7-5-6-8-20(19)14-21/h5-12,21H,13-14H2,1-4H3,(H3,26,27,28,29,30,31,32). The molecule has 3 N–H and O–H groups in total. The number of hydrogen-bond acceptors (Lipinski definition) is 4. The van der Waals surface area contributed by atoms with Crippen LogP contribution in [0.5, 0.6) is 0 Å². The van der Waals surface area contributed by atoms with E-state index in [0.29, 0.717) is 17.0 Å². The van der Waals surface area contributed by atoms with E-state index in [1.165, 1.54) is 16.7 Å². The van der Waals surface area contributed by atoms with Gasteiger partial charge in [0, 0.05) is 17.1 Å². The van der Waals surface area contributed by atoms with Crippen molar-refractivity contribution < 1.29 is 0 Å². The van der Waals surface area contributed by atoms with Crippen LogP contribution in [0.1, 0.15) is 33.6 Å². The molecule has 0 unspecified atom stereocenters. The lowest BCUT2D eigenvalue weighted by molar-refractivity contribution is 0.720. The van der Waals surface area contributed by atoms with Gasteiger partial charge in [-0.2, -0.15) is 0 Å². The van der Waals surface area contributed by atoms with Crippen LogP contribution >= 0.6 is 12.2 Å². The summed E-state index contributed by atoms with van der Waals surface area (Å²) in [4.78, 5) is 13.9. The number of hydrogen-bond donors (Lipinski definition) is 3. The largest absolute Gasteiger partial charge is 0.332 e. The minimum absolute atomic E-state index is 0.122. The van der Waals surface area contributed by atoms with E-state index in [1.54, 1.807) is 0 Å². The van der Waals surface area contributed by atoms with Crippen molar-refractivity contribution in [2.24, 2.45) is 4.99 Å². The Bertz CT molecular complexity index is 1140. The number of benzene rings is 2. The summed E-state index contributed by atoms with van der Waals surface area (Å²) in [6.45, 7) is 8.01. The number of aryl methyl sites for hydroxylation is 4. The molecule has 1 heterocycles. The second-order valence-electron chi connectivity index (χ2n) is 8.31. The van der Waals surface area contributed by atoms with Crippen LogP contribution in [0.2, 0.25) is 0 Å². The highest BCUT2D eigenvalue weighted by Gasteiger charge is 2.21. The Morgan fingerprint density at radius 1 is 0.906 bits per heavy atom. The SMILES string of the molecule is Cc1ccc(C)c(NC(=S)NC(=NC2Cc3ccccc3C2)Nc2nc(C)cc(C)n2)c1. The lowest BCUT2D eigenvalue weighted by Gasteiger charge is -2.17. The van der Waals surface area contributed by atoms with Crippen LogP contribution in [0.4, 0.5) is 11.6 Å². The first kappa shape index (κ1) is 21.9. The fourth-order valence-corrected chi connectivity index (χ4v) is 4.13. The van der Waals surface area contributed by atoms with Crippen LogP contribution in [-0.2, 0) is 12.8 Å². The summed E-state index contributed by atoms with van der Waals surface area (Å²) in [5.41, 5.74) is 7.74. The molecule has 0 saturated carbocycles. The summed E-state index contributed by atoms with van der Waals surface area (Å²) >= 11 is 5.61. The van der Waals surface area contributed by atoms with Crippen molar-refractivity contribution in [2.45, 2.75) is 46.6 Å². The van der Waals surface area contributed by atoms with E-state index in [2.05, 4.69) is 82.2 Å². The van der Waals surface area contributed by atoms with Crippen LogP contribution in [0.3, 0.4) is 0 Å². The van der Waals surface area contributed by atoms with Gasteiger partial charge in [0.1, 0.15) is 0 Å². The molecule has 0 atom stereocenters. The molecule has 32 heavy (non-hydrogen) atoms. The molecule has 0 saturated heterocycles. The maximum Gasteiger partial charge on any atom is 0.229 e. The Morgan fingerprint density at radius 3 is 2.22 bits per heavy atom. The number of nitrogens with one attached hydrogen (secondary N) is 3. The Labute approximate surface area is 194 Å². The predicted molar refractivity (Wildman–Crippen MR) is 135 cm³/mol. The molecule has 4 rings (SSSR count). The summed E-state index contributed by atoms with van der Waals surface area (Å²) in [6.07, 6.45) is 1.79. The third-order valence-electron chi connectivity index (χ3n) is 5.43. The third-order valence-corrected chi connectivity index (χ3v) is 5.63. The first-order valence-corrected chi connectivity index (χ1v) is 11.2. The lowest BCUT2D eigenvalue weighted by Crippen LogP contribution is -2.40. The van der Waals surface area contributed by atoms with Crippen molar-refractivity contribution >= 4 is 34.9 Å². The monoisotopic (exact) mass is 444 g/mol. The van der Waals surface area contributed by atoms with E-state index in [9.17, 15) is 0 Å². The van der Waals surface area contributed by atoms with Crippen LogP contribution in [0.25, 0.3) is 0 Å². The number of anilines is 2. The normalized spacial score (nSPS) is 13.6. The second-order valence-corrected chi connectivity index (χ2v) is 8.71. The molecule has 3 aromatic rings. The molecule has 0 bridgehead atoms. The number of fused-ring (bicyclic) bond motifs is 1. The van der Waals surface area contributed by atoms with Gasteiger partial charge in [-0.1, -0.05) is 36.4 Å². The van der Waals surface area contributed by atoms with E-state index in [4.69, 9.17) is 17.2 Å². The molecular formula is C25H28N6S. The van der Waals surface area contributed by atoms with Gasteiger partial charge in [-0.05, 0) is 87.1 Å². The smallest absolute Gasteiger partial charge is 0.229 e. The number of rotatable bonds is 3. The van der Waals surface area contributed by atoms with Crippen molar-refractivity contribution in [3.8, 4) is 0 Å². The molecule has 164 valence electrons. The summed E-state index contributed by atoms with van der Waals surface area (Å²) < 4.78 is 0. The highest BCUT2D eigenvalue weighted by Crippen LogP contribution is 2.24. The van der Waals surface area contributed by atoms with Crippen molar-refractivity contribution in [1.82, 2.24) is 15.3 Å². The Kier molecular flexibility index (Phi) is 6.46. The molecule has 0 fully saturated rings. The van der Waals surface area contributed by atoms with Crippen LogP contribution in [-0.4, -0.2) is 27.1 Å².